The third kappa shape index (κ3) is 5.14. The van der Waals surface area contributed by atoms with Gasteiger partial charge in [-0.15, -0.1) is 0 Å². The van der Waals surface area contributed by atoms with Gasteiger partial charge in [0.2, 0.25) is 0 Å². The van der Waals surface area contributed by atoms with Crippen molar-refractivity contribution >= 4 is 17.4 Å². The molecule has 3 rings (SSSR count). The molecule has 1 heterocycles. The largest absolute Gasteiger partial charge is 0.346 e. The molecule has 2 aromatic carbocycles. The predicted molar refractivity (Wildman–Crippen MR) is 108 cm³/mol. The monoisotopic (exact) mass is 360 g/mol. The number of anilines is 2. The number of benzene rings is 2. The lowest BCUT2D eigenvalue weighted by Gasteiger charge is -2.24. The van der Waals surface area contributed by atoms with Crippen LogP contribution in [0.15, 0.2) is 73.1 Å². The minimum absolute atomic E-state index is 0.226. The number of rotatable bonds is 5. The molecule has 0 atom stereocenters. The van der Waals surface area contributed by atoms with E-state index in [0.29, 0.717) is 18.1 Å². The molecule has 0 unspecified atom stereocenters. The van der Waals surface area contributed by atoms with Crippen LogP contribution in [0.4, 0.5) is 11.5 Å². The summed E-state index contributed by atoms with van der Waals surface area (Å²) in [5.41, 5.74) is 2.17. The van der Waals surface area contributed by atoms with E-state index < -0.39 is 0 Å². The average molecular weight is 360 g/mol. The molecule has 0 aliphatic heterocycles. The highest BCUT2D eigenvalue weighted by atomic mass is 16.2. The Labute approximate surface area is 160 Å². The lowest BCUT2D eigenvalue weighted by Crippen LogP contribution is -2.41. The highest BCUT2D eigenvalue weighted by molar-refractivity contribution is 5.92. The van der Waals surface area contributed by atoms with Crippen molar-refractivity contribution in [2.75, 3.05) is 4.90 Å². The van der Waals surface area contributed by atoms with Crippen molar-refractivity contribution in [3.8, 4) is 0 Å². The van der Waals surface area contributed by atoms with Crippen molar-refractivity contribution in [2.45, 2.75) is 32.9 Å². The Bertz CT molecular complexity index is 872. The Balaban J connectivity index is 1.87. The van der Waals surface area contributed by atoms with Gasteiger partial charge in [-0.1, -0.05) is 48.5 Å². The smallest absolute Gasteiger partial charge is 0.271 e. The van der Waals surface area contributed by atoms with Crippen LogP contribution in [0.1, 0.15) is 36.8 Å². The molecule has 1 amide bonds. The standard InChI is InChI=1S/C22H24N4O/c1-22(2,3)25-21(27)19-14-24-20(15-23-19)26(18-12-8-5-9-13-18)16-17-10-6-4-7-11-17/h4-15H,16H2,1-3H3,(H,25,27). The van der Waals surface area contributed by atoms with E-state index >= 15 is 0 Å². The van der Waals surface area contributed by atoms with Crippen molar-refractivity contribution in [3.63, 3.8) is 0 Å². The van der Waals surface area contributed by atoms with Gasteiger partial charge < -0.3 is 10.2 Å². The molecule has 1 N–H and O–H groups in total. The Kier molecular flexibility index (Phi) is 5.50. The number of hydrogen-bond acceptors (Lipinski definition) is 4. The number of carbonyl (C=O) groups is 1. The van der Waals surface area contributed by atoms with E-state index in [1.54, 1.807) is 6.20 Å². The molecule has 0 bridgehead atoms. The number of nitrogens with one attached hydrogen (secondary N) is 1. The lowest BCUT2D eigenvalue weighted by atomic mass is 10.1. The van der Waals surface area contributed by atoms with Crippen molar-refractivity contribution < 1.29 is 4.79 Å². The molecule has 27 heavy (non-hydrogen) atoms. The first-order valence-corrected chi connectivity index (χ1v) is 8.93. The van der Waals surface area contributed by atoms with Gasteiger partial charge in [-0.2, -0.15) is 0 Å². The van der Waals surface area contributed by atoms with Gasteiger partial charge in [0.1, 0.15) is 5.69 Å². The molecule has 5 heteroatoms. The maximum atomic E-state index is 12.3. The summed E-state index contributed by atoms with van der Waals surface area (Å²) in [7, 11) is 0. The minimum atomic E-state index is -0.319. The van der Waals surface area contributed by atoms with E-state index in [2.05, 4.69) is 32.3 Å². The van der Waals surface area contributed by atoms with E-state index in [1.165, 1.54) is 6.20 Å². The molecule has 0 radical (unpaired) electrons. The first-order chi connectivity index (χ1) is 12.9. The van der Waals surface area contributed by atoms with Gasteiger partial charge in [0.05, 0.1) is 12.4 Å². The second-order valence-corrected chi connectivity index (χ2v) is 7.37. The van der Waals surface area contributed by atoms with E-state index in [9.17, 15) is 4.79 Å². The summed E-state index contributed by atoms with van der Waals surface area (Å²) >= 11 is 0. The van der Waals surface area contributed by atoms with Gasteiger partial charge in [-0.3, -0.25) is 4.79 Å². The van der Waals surface area contributed by atoms with Gasteiger partial charge in [-0.25, -0.2) is 9.97 Å². The van der Waals surface area contributed by atoms with E-state index in [0.717, 1.165) is 11.3 Å². The molecule has 5 nitrogen and oxygen atoms in total. The number of nitrogens with zero attached hydrogens (tertiary/aromatic N) is 3. The first-order valence-electron chi connectivity index (χ1n) is 8.93. The van der Waals surface area contributed by atoms with Crippen LogP contribution < -0.4 is 10.2 Å². The zero-order valence-electron chi connectivity index (χ0n) is 15.9. The van der Waals surface area contributed by atoms with Crippen molar-refractivity contribution in [1.29, 1.82) is 0 Å². The summed E-state index contributed by atoms with van der Waals surface area (Å²) in [6.07, 6.45) is 3.17. The summed E-state index contributed by atoms with van der Waals surface area (Å²) in [5.74, 6) is 0.466. The summed E-state index contributed by atoms with van der Waals surface area (Å²) in [6.45, 7) is 6.46. The van der Waals surface area contributed by atoms with Crippen LogP contribution >= 0.6 is 0 Å². The number of hydrogen-bond donors (Lipinski definition) is 1. The van der Waals surface area contributed by atoms with Crippen LogP contribution in [0.25, 0.3) is 0 Å². The van der Waals surface area contributed by atoms with Crippen LogP contribution in [-0.2, 0) is 6.54 Å². The molecule has 0 spiro atoms. The lowest BCUT2D eigenvalue weighted by molar-refractivity contribution is 0.0914. The fourth-order valence-electron chi connectivity index (χ4n) is 2.66. The third-order valence-electron chi connectivity index (χ3n) is 3.89. The maximum Gasteiger partial charge on any atom is 0.271 e. The number of amides is 1. The highest BCUT2D eigenvalue weighted by Gasteiger charge is 2.18. The molecule has 0 aliphatic rings. The van der Waals surface area contributed by atoms with Gasteiger partial charge in [0, 0.05) is 17.8 Å². The Morgan fingerprint density at radius 3 is 2.11 bits per heavy atom. The van der Waals surface area contributed by atoms with Crippen LogP contribution in [-0.4, -0.2) is 21.4 Å². The molecule has 138 valence electrons. The second kappa shape index (κ2) is 7.99. The van der Waals surface area contributed by atoms with Crippen LogP contribution in [0.5, 0.6) is 0 Å². The Hall–Kier alpha value is -3.21. The van der Waals surface area contributed by atoms with Crippen molar-refractivity contribution in [2.24, 2.45) is 0 Å². The molecular formula is C22H24N4O. The number of carbonyl (C=O) groups excluding carboxylic acids is 1. The summed E-state index contributed by atoms with van der Waals surface area (Å²) in [6, 6.07) is 20.2. The maximum absolute atomic E-state index is 12.3. The third-order valence-corrected chi connectivity index (χ3v) is 3.89. The van der Waals surface area contributed by atoms with Gasteiger partial charge >= 0.3 is 0 Å². The summed E-state index contributed by atoms with van der Waals surface area (Å²) < 4.78 is 0. The molecule has 0 saturated carbocycles. The first kappa shape index (κ1) is 18.6. The van der Waals surface area contributed by atoms with E-state index in [1.807, 2.05) is 69.3 Å². The molecule has 0 saturated heterocycles. The quantitative estimate of drug-likeness (QED) is 0.735. The Morgan fingerprint density at radius 1 is 0.926 bits per heavy atom. The van der Waals surface area contributed by atoms with Crippen molar-refractivity contribution in [3.05, 3.63) is 84.3 Å². The molecule has 1 aromatic heterocycles. The van der Waals surface area contributed by atoms with Crippen molar-refractivity contribution in [1.82, 2.24) is 15.3 Å². The molecule has 0 fully saturated rings. The topological polar surface area (TPSA) is 58.1 Å². The minimum Gasteiger partial charge on any atom is -0.346 e. The van der Waals surface area contributed by atoms with Crippen LogP contribution in [0.2, 0.25) is 0 Å². The summed E-state index contributed by atoms with van der Waals surface area (Å²) in [4.78, 5) is 23.2. The summed E-state index contributed by atoms with van der Waals surface area (Å²) in [5, 5.41) is 2.90. The molecule has 3 aromatic rings. The second-order valence-electron chi connectivity index (χ2n) is 7.37. The van der Waals surface area contributed by atoms with Gasteiger partial charge in [-0.05, 0) is 38.5 Å². The number of para-hydroxylation sites is 1. The fraction of sp³-hybridized carbons (Fsp3) is 0.227. The zero-order valence-corrected chi connectivity index (χ0v) is 15.9. The Morgan fingerprint density at radius 2 is 1.56 bits per heavy atom. The predicted octanol–water partition coefficient (Wildman–Crippen LogP) is 4.34. The molecule has 0 aliphatic carbocycles. The van der Waals surface area contributed by atoms with E-state index in [4.69, 9.17) is 0 Å². The highest BCUT2D eigenvalue weighted by Crippen LogP contribution is 2.25. The number of aromatic nitrogens is 2. The normalized spacial score (nSPS) is 11.1. The van der Waals surface area contributed by atoms with E-state index in [-0.39, 0.29) is 11.4 Å². The average Bonchev–Trinajstić information content (AvgIpc) is 2.66. The molecular weight excluding hydrogens is 336 g/mol. The fourth-order valence-corrected chi connectivity index (χ4v) is 2.66. The van der Waals surface area contributed by atoms with Crippen LogP contribution in [0.3, 0.4) is 0 Å². The van der Waals surface area contributed by atoms with Gasteiger partial charge in [0.15, 0.2) is 5.82 Å². The van der Waals surface area contributed by atoms with Gasteiger partial charge in [0.25, 0.3) is 5.91 Å². The zero-order chi connectivity index (χ0) is 19.3. The SMILES string of the molecule is CC(C)(C)NC(=O)c1cnc(N(Cc2ccccc2)c2ccccc2)cn1. The van der Waals surface area contributed by atoms with Crippen LogP contribution in [0, 0.1) is 0 Å².